The number of nitrogens with one attached hydrogen (secondary N) is 1. The summed E-state index contributed by atoms with van der Waals surface area (Å²) in [5.74, 6) is -0.509. The Bertz CT molecular complexity index is 576. The van der Waals surface area contributed by atoms with E-state index in [9.17, 15) is 18.7 Å². The van der Waals surface area contributed by atoms with Crippen molar-refractivity contribution in [2.24, 2.45) is 0 Å². The van der Waals surface area contributed by atoms with E-state index in [2.05, 4.69) is 21.4 Å². The van der Waals surface area contributed by atoms with E-state index in [0.29, 0.717) is 5.56 Å². The van der Waals surface area contributed by atoms with Crippen LogP contribution in [0.3, 0.4) is 0 Å². The number of alkyl carbamates (subject to hydrolysis) is 1. The fraction of sp³-hybridized carbons (Fsp3) is 0.308. The van der Waals surface area contributed by atoms with E-state index in [0.717, 1.165) is 0 Å². The number of aliphatic hydroxyl groups excluding tert-OH is 1. The van der Waals surface area contributed by atoms with Crippen LogP contribution in [0.2, 0.25) is 0 Å². The maximum absolute atomic E-state index is 13.1. The molecule has 1 unspecified atom stereocenters. The molecule has 0 radical (unpaired) electrons. The van der Waals surface area contributed by atoms with Crippen LogP contribution in [0.4, 0.5) is 13.6 Å². The molecule has 0 saturated carbocycles. The number of hydrogen-bond donors (Lipinski definition) is 2. The first-order valence-corrected chi connectivity index (χ1v) is 5.95. The maximum Gasteiger partial charge on any atom is 0.586 e. The average Bonchev–Trinajstić information content (AvgIpc) is 2.76. The van der Waals surface area contributed by atoms with Gasteiger partial charge in [0.25, 0.3) is 0 Å². The Labute approximate surface area is 118 Å². The maximum atomic E-state index is 13.1. The zero-order valence-corrected chi connectivity index (χ0v) is 11.1. The summed E-state index contributed by atoms with van der Waals surface area (Å²) in [7, 11) is 1.35. The van der Waals surface area contributed by atoms with Gasteiger partial charge in [0.1, 0.15) is 12.7 Å². The first kappa shape index (κ1) is 15.0. The van der Waals surface area contributed by atoms with Crippen LogP contribution in [0, 0.1) is 0 Å². The van der Waals surface area contributed by atoms with Gasteiger partial charge in [0, 0.05) is 12.6 Å². The highest BCUT2D eigenvalue weighted by Crippen LogP contribution is 2.46. The lowest BCUT2D eigenvalue weighted by atomic mass is 10.0. The molecular formula is C13H13F2NO5. The second kappa shape index (κ2) is 5.57. The Morgan fingerprint density at radius 1 is 1.57 bits per heavy atom. The molecule has 0 spiro atoms. The third kappa shape index (κ3) is 3.05. The summed E-state index contributed by atoms with van der Waals surface area (Å²) in [5, 5.41) is 12.3. The Morgan fingerprint density at radius 2 is 2.29 bits per heavy atom. The van der Waals surface area contributed by atoms with E-state index in [1.807, 2.05) is 0 Å². The summed E-state index contributed by atoms with van der Waals surface area (Å²) in [6.45, 7) is 3.09. The van der Waals surface area contributed by atoms with Crippen LogP contribution in [0.1, 0.15) is 17.2 Å². The molecule has 1 aliphatic rings. The van der Waals surface area contributed by atoms with E-state index in [4.69, 9.17) is 4.74 Å². The van der Waals surface area contributed by atoms with E-state index in [1.165, 1.54) is 25.3 Å². The molecule has 6 nitrogen and oxygen atoms in total. The molecule has 1 heterocycles. The van der Waals surface area contributed by atoms with Gasteiger partial charge in [-0.25, -0.2) is 4.79 Å². The van der Waals surface area contributed by atoms with Crippen LogP contribution in [-0.4, -0.2) is 31.1 Å². The van der Waals surface area contributed by atoms with Crippen LogP contribution < -0.4 is 14.8 Å². The molecule has 1 aromatic rings. The van der Waals surface area contributed by atoms with Gasteiger partial charge in [0.05, 0.1) is 0 Å². The normalized spacial score (nSPS) is 16.2. The second-order valence-corrected chi connectivity index (χ2v) is 4.13. The Kier molecular flexibility index (Phi) is 3.99. The molecule has 0 aliphatic carbocycles. The fourth-order valence-corrected chi connectivity index (χ4v) is 1.88. The summed E-state index contributed by atoms with van der Waals surface area (Å²) < 4.78 is 39.7. The van der Waals surface area contributed by atoms with Gasteiger partial charge in [-0.2, -0.15) is 0 Å². The molecule has 21 heavy (non-hydrogen) atoms. The number of carbonyl (C=O) groups excluding carboxylic acids is 1. The largest absolute Gasteiger partial charge is 0.586 e. The minimum Gasteiger partial charge on any atom is -0.446 e. The number of halogens is 2. The summed E-state index contributed by atoms with van der Waals surface area (Å²) in [5.41, 5.74) is 0.381. The van der Waals surface area contributed by atoms with Crippen molar-refractivity contribution in [2.75, 3.05) is 13.7 Å². The standard InChI is InChI=1S/C13H13F2NO5/c1-3-7-4-5-9-11(21-13(14,15)20-9)10(7)8(17)6-19-12(18)16-2/h3-5,8,17H,1,6H2,2H3,(H,16,18). The van der Waals surface area contributed by atoms with Crippen molar-refractivity contribution < 1.29 is 32.9 Å². The lowest BCUT2D eigenvalue weighted by molar-refractivity contribution is -0.287. The number of ether oxygens (including phenoxy) is 3. The molecular weight excluding hydrogens is 288 g/mol. The molecule has 2 N–H and O–H groups in total. The zero-order chi connectivity index (χ0) is 15.6. The zero-order valence-electron chi connectivity index (χ0n) is 11.1. The third-order valence-corrected chi connectivity index (χ3v) is 2.77. The fourth-order valence-electron chi connectivity index (χ4n) is 1.88. The van der Waals surface area contributed by atoms with Crippen molar-refractivity contribution in [3.63, 3.8) is 0 Å². The van der Waals surface area contributed by atoms with Crippen molar-refractivity contribution in [3.05, 3.63) is 29.8 Å². The van der Waals surface area contributed by atoms with E-state index in [1.54, 1.807) is 0 Å². The van der Waals surface area contributed by atoms with Crippen LogP contribution in [0.5, 0.6) is 11.5 Å². The Morgan fingerprint density at radius 3 is 2.90 bits per heavy atom. The van der Waals surface area contributed by atoms with Crippen LogP contribution in [0.25, 0.3) is 6.08 Å². The summed E-state index contributed by atoms with van der Waals surface area (Å²) >= 11 is 0. The lowest BCUT2D eigenvalue weighted by Gasteiger charge is -2.16. The Hall–Kier alpha value is -2.35. The minimum atomic E-state index is -3.81. The average molecular weight is 301 g/mol. The first-order valence-electron chi connectivity index (χ1n) is 5.95. The van der Waals surface area contributed by atoms with Gasteiger partial charge in [0.15, 0.2) is 11.5 Å². The summed E-state index contributed by atoms with van der Waals surface area (Å²) in [6, 6.07) is 2.72. The predicted octanol–water partition coefficient (Wildman–Crippen LogP) is 2.04. The van der Waals surface area contributed by atoms with Crippen molar-refractivity contribution in [1.82, 2.24) is 5.32 Å². The van der Waals surface area contributed by atoms with Crippen molar-refractivity contribution in [2.45, 2.75) is 12.4 Å². The molecule has 1 aromatic carbocycles. The predicted molar refractivity (Wildman–Crippen MR) is 68.1 cm³/mol. The molecule has 8 heteroatoms. The van der Waals surface area contributed by atoms with Crippen molar-refractivity contribution in [1.29, 1.82) is 0 Å². The molecule has 0 aromatic heterocycles. The van der Waals surface area contributed by atoms with Gasteiger partial charge in [0.2, 0.25) is 0 Å². The highest BCUT2D eigenvalue weighted by Gasteiger charge is 2.45. The number of benzene rings is 1. The van der Waals surface area contributed by atoms with Gasteiger partial charge in [-0.1, -0.05) is 18.7 Å². The van der Waals surface area contributed by atoms with Crippen LogP contribution in [-0.2, 0) is 4.74 Å². The van der Waals surface area contributed by atoms with Crippen LogP contribution >= 0.6 is 0 Å². The monoisotopic (exact) mass is 301 g/mol. The number of aliphatic hydroxyl groups is 1. The molecule has 1 aliphatic heterocycles. The summed E-state index contributed by atoms with van der Waals surface area (Å²) in [4.78, 5) is 11.0. The molecule has 114 valence electrons. The summed E-state index contributed by atoms with van der Waals surface area (Å²) in [6.07, 6.45) is -4.58. The topological polar surface area (TPSA) is 77.0 Å². The van der Waals surface area contributed by atoms with E-state index >= 15 is 0 Å². The van der Waals surface area contributed by atoms with E-state index < -0.39 is 25.1 Å². The third-order valence-electron chi connectivity index (χ3n) is 2.77. The number of alkyl halides is 2. The number of carbonyl (C=O) groups is 1. The number of fused-ring (bicyclic) bond motifs is 1. The van der Waals surface area contributed by atoms with Gasteiger partial charge >= 0.3 is 12.4 Å². The van der Waals surface area contributed by atoms with Crippen molar-refractivity contribution in [3.8, 4) is 11.5 Å². The molecule has 1 amide bonds. The highest BCUT2D eigenvalue weighted by molar-refractivity contribution is 5.67. The SMILES string of the molecule is C=Cc1ccc2c(c1C(O)COC(=O)NC)OC(F)(F)O2. The van der Waals surface area contributed by atoms with Gasteiger partial charge < -0.3 is 24.6 Å². The molecule has 0 fully saturated rings. The lowest BCUT2D eigenvalue weighted by Crippen LogP contribution is -2.26. The van der Waals surface area contributed by atoms with Crippen LogP contribution in [0.15, 0.2) is 18.7 Å². The second-order valence-electron chi connectivity index (χ2n) is 4.13. The number of rotatable bonds is 4. The van der Waals surface area contributed by atoms with Gasteiger partial charge in [-0.05, 0) is 11.6 Å². The molecule has 0 bridgehead atoms. The number of amides is 1. The van der Waals surface area contributed by atoms with Gasteiger partial charge in [-0.15, -0.1) is 8.78 Å². The first-order chi connectivity index (χ1) is 9.88. The molecule has 1 atom stereocenters. The quantitative estimate of drug-likeness (QED) is 0.890. The van der Waals surface area contributed by atoms with Crippen molar-refractivity contribution >= 4 is 12.2 Å². The Balaban J connectivity index is 2.32. The van der Waals surface area contributed by atoms with Gasteiger partial charge in [-0.3, -0.25) is 0 Å². The highest BCUT2D eigenvalue weighted by atomic mass is 19.3. The smallest absolute Gasteiger partial charge is 0.446 e. The number of hydrogen-bond acceptors (Lipinski definition) is 5. The molecule has 2 rings (SSSR count). The minimum absolute atomic E-state index is 0.0172. The molecule has 0 saturated heterocycles. The van der Waals surface area contributed by atoms with E-state index in [-0.39, 0.29) is 17.1 Å².